The van der Waals surface area contributed by atoms with E-state index in [9.17, 15) is 18.0 Å². The van der Waals surface area contributed by atoms with Crippen LogP contribution in [0, 0.1) is 0 Å². The van der Waals surface area contributed by atoms with Crippen LogP contribution in [0.15, 0.2) is 66.9 Å². The van der Waals surface area contributed by atoms with Gasteiger partial charge >= 0.3 is 6.18 Å². The summed E-state index contributed by atoms with van der Waals surface area (Å²) in [7, 11) is 0. The third-order valence-electron chi connectivity index (χ3n) is 5.21. The Morgan fingerprint density at radius 3 is 2.48 bits per heavy atom. The summed E-state index contributed by atoms with van der Waals surface area (Å²) in [6, 6.07) is 17.4. The van der Waals surface area contributed by atoms with E-state index in [-0.39, 0.29) is 12.0 Å². The van der Waals surface area contributed by atoms with Gasteiger partial charge in [-0.3, -0.25) is 4.79 Å². The summed E-state index contributed by atoms with van der Waals surface area (Å²) < 4.78 is 43.9. The zero-order chi connectivity index (χ0) is 22.0. The molecule has 0 spiro atoms. The number of hydrogen-bond acceptors (Lipinski definition) is 4. The van der Waals surface area contributed by atoms with Crippen LogP contribution in [0.4, 0.5) is 18.9 Å². The number of amides is 1. The van der Waals surface area contributed by atoms with Gasteiger partial charge in [0, 0.05) is 25.2 Å². The molecule has 4 rings (SSSR count). The van der Waals surface area contributed by atoms with Crippen LogP contribution in [-0.2, 0) is 6.18 Å². The number of anilines is 1. The van der Waals surface area contributed by atoms with Gasteiger partial charge in [-0.15, -0.1) is 0 Å². The van der Waals surface area contributed by atoms with Gasteiger partial charge in [0.2, 0.25) is 5.88 Å². The lowest BCUT2D eigenvalue weighted by atomic mass is 10.0. The number of hydrogen-bond donors (Lipinski definition) is 1. The second-order valence-corrected chi connectivity index (χ2v) is 7.32. The van der Waals surface area contributed by atoms with Crippen molar-refractivity contribution < 1.29 is 22.7 Å². The minimum absolute atomic E-state index is 0.132. The average Bonchev–Trinajstić information content (AvgIpc) is 3.22. The van der Waals surface area contributed by atoms with Gasteiger partial charge in [0.25, 0.3) is 5.91 Å². The fourth-order valence-corrected chi connectivity index (χ4v) is 3.64. The van der Waals surface area contributed by atoms with Gasteiger partial charge in [0.15, 0.2) is 0 Å². The van der Waals surface area contributed by atoms with E-state index in [1.165, 1.54) is 6.07 Å². The Morgan fingerprint density at radius 1 is 1.06 bits per heavy atom. The van der Waals surface area contributed by atoms with Crippen LogP contribution in [0.25, 0.3) is 11.1 Å². The van der Waals surface area contributed by atoms with Gasteiger partial charge in [-0.25, -0.2) is 4.98 Å². The molecule has 3 aromatic rings. The van der Waals surface area contributed by atoms with Crippen molar-refractivity contribution in [2.75, 3.05) is 18.0 Å². The lowest BCUT2D eigenvalue weighted by Gasteiger charge is -2.22. The van der Waals surface area contributed by atoms with E-state index in [2.05, 4.69) is 4.98 Å². The molecule has 0 bridgehead atoms. The lowest BCUT2D eigenvalue weighted by molar-refractivity contribution is -0.137. The van der Waals surface area contributed by atoms with Crippen LogP contribution in [0.3, 0.4) is 0 Å². The Balaban J connectivity index is 1.52. The standard InChI is InChI=1S/C23H20F3N3O2/c24-23(25,26)17-7-9-21(28-13-17)31-18-10-11-29(14-18)20-12-16(6-8-19(20)22(27)30)15-4-2-1-3-5-15/h1-9,12-13,18H,10-11,14H2,(H2,27,30). The van der Waals surface area contributed by atoms with Gasteiger partial charge in [0.1, 0.15) is 6.10 Å². The minimum atomic E-state index is -4.44. The number of aromatic nitrogens is 1. The molecule has 2 N–H and O–H groups in total. The maximum atomic E-state index is 12.7. The zero-order valence-corrected chi connectivity index (χ0v) is 16.5. The predicted molar refractivity (Wildman–Crippen MR) is 111 cm³/mol. The monoisotopic (exact) mass is 427 g/mol. The molecule has 1 atom stereocenters. The van der Waals surface area contributed by atoms with Gasteiger partial charge in [-0.05, 0) is 29.3 Å². The maximum absolute atomic E-state index is 12.7. The van der Waals surface area contributed by atoms with Crippen LogP contribution in [0.2, 0.25) is 0 Å². The zero-order valence-electron chi connectivity index (χ0n) is 16.5. The molecule has 2 heterocycles. The minimum Gasteiger partial charge on any atom is -0.472 e. The summed E-state index contributed by atoms with van der Waals surface area (Å²) >= 11 is 0. The Labute approximate surface area is 177 Å². The molecule has 1 saturated heterocycles. The molecule has 0 saturated carbocycles. The number of carbonyl (C=O) groups is 1. The highest BCUT2D eigenvalue weighted by Crippen LogP contribution is 2.32. The predicted octanol–water partition coefficient (Wildman–Crippen LogP) is 4.52. The number of primary amides is 1. The van der Waals surface area contributed by atoms with Crippen molar-refractivity contribution >= 4 is 11.6 Å². The Kier molecular flexibility index (Phi) is 5.54. The van der Waals surface area contributed by atoms with E-state index in [0.717, 1.165) is 23.4 Å². The molecule has 0 radical (unpaired) electrons. The van der Waals surface area contributed by atoms with Crippen LogP contribution in [0.5, 0.6) is 5.88 Å². The molecule has 8 heteroatoms. The van der Waals surface area contributed by atoms with Gasteiger partial charge in [0.05, 0.1) is 23.4 Å². The molecule has 160 valence electrons. The van der Waals surface area contributed by atoms with Gasteiger partial charge < -0.3 is 15.4 Å². The van der Waals surface area contributed by atoms with Crippen LogP contribution >= 0.6 is 0 Å². The van der Waals surface area contributed by atoms with E-state index in [1.807, 2.05) is 47.4 Å². The molecule has 1 aliphatic rings. The first-order valence-electron chi connectivity index (χ1n) is 9.75. The van der Waals surface area contributed by atoms with E-state index in [1.54, 1.807) is 6.07 Å². The van der Waals surface area contributed by atoms with Crippen molar-refractivity contribution in [2.45, 2.75) is 18.7 Å². The van der Waals surface area contributed by atoms with E-state index in [0.29, 0.717) is 30.8 Å². The fraction of sp³-hybridized carbons (Fsp3) is 0.217. The van der Waals surface area contributed by atoms with Crippen LogP contribution < -0.4 is 15.4 Å². The summed E-state index contributed by atoms with van der Waals surface area (Å²) in [5, 5.41) is 0. The fourth-order valence-electron chi connectivity index (χ4n) is 3.64. The SMILES string of the molecule is NC(=O)c1ccc(-c2ccccc2)cc1N1CCC(Oc2ccc(C(F)(F)F)cn2)C1. The maximum Gasteiger partial charge on any atom is 0.417 e. The smallest absolute Gasteiger partial charge is 0.417 e. The normalized spacial score (nSPS) is 16.4. The number of alkyl halides is 3. The van der Waals surface area contributed by atoms with Gasteiger partial charge in [-0.2, -0.15) is 13.2 Å². The van der Waals surface area contributed by atoms with E-state index < -0.39 is 17.6 Å². The first-order valence-corrected chi connectivity index (χ1v) is 9.75. The average molecular weight is 427 g/mol. The second kappa shape index (κ2) is 8.29. The number of nitrogens with two attached hydrogens (primary N) is 1. The molecule has 1 fully saturated rings. The highest BCUT2D eigenvalue weighted by atomic mass is 19.4. The number of ether oxygens (including phenoxy) is 1. The molecule has 1 aliphatic heterocycles. The number of halogens is 3. The number of carbonyl (C=O) groups excluding carboxylic acids is 1. The molecule has 1 unspecified atom stereocenters. The number of rotatable bonds is 5. The number of pyridine rings is 1. The number of benzene rings is 2. The Hall–Kier alpha value is -3.55. The van der Waals surface area contributed by atoms with E-state index >= 15 is 0 Å². The van der Waals surface area contributed by atoms with Gasteiger partial charge in [-0.1, -0.05) is 36.4 Å². The molecule has 1 aromatic heterocycles. The summed E-state index contributed by atoms with van der Waals surface area (Å²) in [4.78, 5) is 17.7. The summed E-state index contributed by atoms with van der Waals surface area (Å²) in [5.74, 6) is -0.392. The van der Waals surface area contributed by atoms with E-state index in [4.69, 9.17) is 10.5 Å². The summed E-state index contributed by atoms with van der Waals surface area (Å²) in [6.07, 6.45) is -3.32. The Bertz CT molecular complexity index is 1070. The van der Waals surface area contributed by atoms with Crippen LogP contribution in [-0.4, -0.2) is 30.1 Å². The van der Waals surface area contributed by atoms with Crippen molar-refractivity contribution in [2.24, 2.45) is 5.73 Å². The molecule has 2 aromatic carbocycles. The third kappa shape index (κ3) is 4.63. The van der Waals surface area contributed by atoms with Crippen molar-refractivity contribution in [3.63, 3.8) is 0 Å². The topological polar surface area (TPSA) is 68.5 Å². The molecule has 0 aliphatic carbocycles. The quantitative estimate of drug-likeness (QED) is 0.650. The Morgan fingerprint density at radius 2 is 1.84 bits per heavy atom. The van der Waals surface area contributed by atoms with Crippen molar-refractivity contribution in [1.29, 1.82) is 0 Å². The summed E-state index contributed by atoms with van der Waals surface area (Å²) in [5.41, 5.74) is 7.84. The molecular formula is C23H20F3N3O2. The van der Waals surface area contributed by atoms with Crippen LogP contribution in [0.1, 0.15) is 22.3 Å². The highest BCUT2D eigenvalue weighted by molar-refractivity contribution is 5.99. The largest absolute Gasteiger partial charge is 0.472 e. The van der Waals surface area contributed by atoms with Crippen molar-refractivity contribution in [3.05, 3.63) is 78.0 Å². The molecule has 31 heavy (non-hydrogen) atoms. The molecule has 5 nitrogen and oxygen atoms in total. The number of nitrogens with zero attached hydrogens (tertiary/aromatic N) is 2. The van der Waals surface area contributed by atoms with Crippen molar-refractivity contribution in [3.8, 4) is 17.0 Å². The summed E-state index contributed by atoms with van der Waals surface area (Å²) in [6.45, 7) is 1.07. The first-order chi connectivity index (χ1) is 14.8. The molecule has 1 amide bonds. The second-order valence-electron chi connectivity index (χ2n) is 7.32. The molecular weight excluding hydrogens is 407 g/mol. The third-order valence-corrected chi connectivity index (χ3v) is 5.21. The highest BCUT2D eigenvalue weighted by Gasteiger charge is 2.31. The lowest BCUT2D eigenvalue weighted by Crippen LogP contribution is -2.27. The first kappa shape index (κ1) is 20.7. The van der Waals surface area contributed by atoms with Crippen molar-refractivity contribution in [1.82, 2.24) is 4.98 Å².